The zero-order chi connectivity index (χ0) is 19.4. The van der Waals surface area contributed by atoms with Crippen molar-refractivity contribution in [3.63, 3.8) is 0 Å². The van der Waals surface area contributed by atoms with E-state index in [1.165, 1.54) is 12.1 Å². The Labute approximate surface area is 170 Å². The molecule has 1 heterocycles. The predicted octanol–water partition coefficient (Wildman–Crippen LogP) is 3.31. The van der Waals surface area contributed by atoms with Crippen LogP contribution in [0.1, 0.15) is 10.4 Å². The van der Waals surface area contributed by atoms with Gasteiger partial charge < -0.3 is 19.6 Å². The molecule has 1 aliphatic heterocycles. The molecule has 0 radical (unpaired) electrons. The van der Waals surface area contributed by atoms with Crippen LogP contribution in [0.3, 0.4) is 0 Å². The quantitative estimate of drug-likeness (QED) is 0.719. The summed E-state index contributed by atoms with van der Waals surface area (Å²) < 4.78 is 5.70. The number of esters is 1. The van der Waals surface area contributed by atoms with Gasteiger partial charge in [0, 0.05) is 41.4 Å². The fourth-order valence-electron chi connectivity index (χ4n) is 2.85. The number of rotatable bonds is 4. The molecule has 27 heavy (non-hydrogen) atoms. The van der Waals surface area contributed by atoms with Gasteiger partial charge in [-0.25, -0.2) is 4.79 Å². The molecule has 0 bridgehead atoms. The average Bonchev–Trinajstić information content (AvgIpc) is 2.68. The molecule has 1 fully saturated rings. The zero-order valence-corrected chi connectivity index (χ0v) is 16.7. The van der Waals surface area contributed by atoms with E-state index in [1.54, 1.807) is 11.0 Å². The first-order valence-corrected chi connectivity index (χ1v) is 9.55. The maximum absolute atomic E-state index is 12.3. The molecule has 0 atom stereocenters. The summed E-state index contributed by atoms with van der Waals surface area (Å²) in [4.78, 5) is 28.2. The van der Waals surface area contributed by atoms with Gasteiger partial charge in [-0.05, 0) is 36.4 Å². The molecule has 2 aromatic carbocycles. The van der Waals surface area contributed by atoms with E-state index in [9.17, 15) is 14.7 Å². The topological polar surface area (TPSA) is 70.1 Å². The number of carbonyl (C=O) groups is 2. The Bertz CT molecular complexity index is 853. The molecule has 8 heteroatoms. The number of ether oxygens (including phenoxy) is 1. The number of phenols is 1. The average molecular weight is 454 g/mol. The van der Waals surface area contributed by atoms with E-state index >= 15 is 0 Å². The molecule has 0 aliphatic carbocycles. The molecule has 1 amide bonds. The van der Waals surface area contributed by atoms with Crippen LogP contribution in [0.5, 0.6) is 5.75 Å². The van der Waals surface area contributed by atoms with Crippen LogP contribution in [0.15, 0.2) is 46.9 Å². The minimum Gasteiger partial charge on any atom is -0.507 e. The highest BCUT2D eigenvalue weighted by Crippen LogP contribution is 2.23. The standard InChI is InChI=1S/C19H18BrClN2O4/c20-13-4-5-17(24)16(10-13)19(26)27-12-18(25)23-8-6-22(7-9-23)15-3-1-2-14(21)11-15/h1-5,10-11,24H,6-9,12H2. The number of piperazine rings is 1. The van der Waals surface area contributed by atoms with E-state index in [-0.39, 0.29) is 23.8 Å². The van der Waals surface area contributed by atoms with E-state index in [4.69, 9.17) is 16.3 Å². The lowest BCUT2D eigenvalue weighted by Gasteiger charge is -2.36. The van der Waals surface area contributed by atoms with Gasteiger partial charge in [-0.1, -0.05) is 33.6 Å². The second kappa shape index (κ2) is 8.63. The Balaban J connectivity index is 1.51. The summed E-state index contributed by atoms with van der Waals surface area (Å²) >= 11 is 9.25. The molecule has 1 saturated heterocycles. The number of nitrogens with zero attached hydrogens (tertiary/aromatic N) is 2. The molecular weight excluding hydrogens is 436 g/mol. The van der Waals surface area contributed by atoms with Crippen molar-refractivity contribution in [2.75, 3.05) is 37.7 Å². The monoisotopic (exact) mass is 452 g/mol. The van der Waals surface area contributed by atoms with E-state index in [2.05, 4.69) is 20.8 Å². The van der Waals surface area contributed by atoms with Crippen LogP contribution in [-0.4, -0.2) is 54.7 Å². The molecule has 0 spiro atoms. The first-order valence-electron chi connectivity index (χ1n) is 8.38. The van der Waals surface area contributed by atoms with E-state index in [0.717, 1.165) is 5.69 Å². The Kier molecular flexibility index (Phi) is 6.23. The number of amides is 1. The minimum atomic E-state index is -0.736. The van der Waals surface area contributed by atoms with Crippen molar-refractivity contribution in [3.8, 4) is 5.75 Å². The van der Waals surface area contributed by atoms with Gasteiger partial charge in [-0.3, -0.25) is 4.79 Å². The number of halogens is 2. The maximum Gasteiger partial charge on any atom is 0.342 e. The summed E-state index contributed by atoms with van der Waals surface area (Å²) in [5, 5.41) is 10.4. The number of hydrogen-bond donors (Lipinski definition) is 1. The third kappa shape index (κ3) is 4.93. The van der Waals surface area contributed by atoms with Crippen LogP contribution < -0.4 is 4.90 Å². The summed E-state index contributed by atoms with van der Waals surface area (Å²) in [5.41, 5.74) is 1.04. The third-order valence-electron chi connectivity index (χ3n) is 4.31. The van der Waals surface area contributed by atoms with Gasteiger partial charge in [0.1, 0.15) is 11.3 Å². The summed E-state index contributed by atoms with van der Waals surface area (Å²) in [6, 6.07) is 12.0. The van der Waals surface area contributed by atoms with E-state index in [1.807, 2.05) is 24.3 Å². The SMILES string of the molecule is O=C(OCC(=O)N1CCN(c2cccc(Cl)c2)CC1)c1cc(Br)ccc1O. The summed E-state index contributed by atoms with van der Waals surface area (Å²) in [7, 11) is 0. The van der Waals surface area contributed by atoms with Crippen molar-refractivity contribution in [1.29, 1.82) is 0 Å². The van der Waals surface area contributed by atoms with Crippen LogP contribution in [0.4, 0.5) is 5.69 Å². The number of hydrogen-bond acceptors (Lipinski definition) is 5. The number of carbonyl (C=O) groups excluding carboxylic acids is 2. The molecule has 6 nitrogen and oxygen atoms in total. The van der Waals surface area contributed by atoms with Gasteiger partial charge in [-0.2, -0.15) is 0 Å². The third-order valence-corrected chi connectivity index (χ3v) is 5.04. The number of benzene rings is 2. The van der Waals surface area contributed by atoms with Crippen LogP contribution >= 0.6 is 27.5 Å². The molecule has 0 aromatic heterocycles. The van der Waals surface area contributed by atoms with Crippen molar-refractivity contribution in [1.82, 2.24) is 4.90 Å². The Hall–Kier alpha value is -2.25. The highest BCUT2D eigenvalue weighted by molar-refractivity contribution is 9.10. The number of aromatic hydroxyl groups is 1. The lowest BCUT2D eigenvalue weighted by atomic mass is 10.2. The second-order valence-corrected chi connectivity index (χ2v) is 7.44. The lowest BCUT2D eigenvalue weighted by Crippen LogP contribution is -2.49. The van der Waals surface area contributed by atoms with Crippen molar-refractivity contribution >= 4 is 45.1 Å². The van der Waals surface area contributed by atoms with Gasteiger partial charge in [0.05, 0.1) is 0 Å². The van der Waals surface area contributed by atoms with Crippen LogP contribution in [-0.2, 0) is 9.53 Å². The number of anilines is 1. The summed E-state index contributed by atoms with van der Waals surface area (Å²) in [6.45, 7) is 2.05. The summed E-state index contributed by atoms with van der Waals surface area (Å²) in [6.07, 6.45) is 0. The van der Waals surface area contributed by atoms with Crippen LogP contribution in [0, 0.1) is 0 Å². The van der Waals surface area contributed by atoms with Crippen molar-refractivity contribution < 1.29 is 19.4 Å². The van der Waals surface area contributed by atoms with Gasteiger partial charge in [0.15, 0.2) is 6.61 Å². The zero-order valence-electron chi connectivity index (χ0n) is 14.4. The summed E-state index contributed by atoms with van der Waals surface area (Å²) in [5.74, 6) is -1.19. The maximum atomic E-state index is 12.3. The molecule has 1 N–H and O–H groups in total. The molecule has 0 saturated carbocycles. The Morgan fingerprint density at radius 3 is 2.56 bits per heavy atom. The lowest BCUT2D eigenvalue weighted by molar-refractivity contribution is -0.134. The van der Waals surface area contributed by atoms with Crippen molar-refractivity contribution in [2.45, 2.75) is 0 Å². The van der Waals surface area contributed by atoms with Crippen molar-refractivity contribution in [2.24, 2.45) is 0 Å². The molecule has 1 aliphatic rings. The van der Waals surface area contributed by atoms with Gasteiger partial charge in [-0.15, -0.1) is 0 Å². The molecule has 0 unspecified atom stereocenters. The second-order valence-electron chi connectivity index (χ2n) is 6.09. The van der Waals surface area contributed by atoms with Gasteiger partial charge in [0.25, 0.3) is 5.91 Å². The van der Waals surface area contributed by atoms with Gasteiger partial charge >= 0.3 is 5.97 Å². The number of phenolic OH excluding ortho intramolecular Hbond substituents is 1. The first-order chi connectivity index (χ1) is 12.9. The van der Waals surface area contributed by atoms with Crippen molar-refractivity contribution in [3.05, 3.63) is 57.5 Å². The van der Waals surface area contributed by atoms with E-state index < -0.39 is 5.97 Å². The van der Waals surface area contributed by atoms with Gasteiger partial charge in [0.2, 0.25) is 0 Å². The molecule has 142 valence electrons. The Morgan fingerprint density at radius 2 is 1.85 bits per heavy atom. The molecule has 3 rings (SSSR count). The fourth-order valence-corrected chi connectivity index (χ4v) is 3.40. The van der Waals surface area contributed by atoms with E-state index in [0.29, 0.717) is 35.7 Å². The fraction of sp³-hybridized carbons (Fsp3) is 0.263. The smallest absolute Gasteiger partial charge is 0.342 e. The first kappa shape index (κ1) is 19.5. The predicted molar refractivity (Wildman–Crippen MR) is 106 cm³/mol. The minimum absolute atomic E-state index is 0.0166. The molecular formula is C19H18BrClN2O4. The van der Waals surface area contributed by atoms with Crippen LogP contribution in [0.25, 0.3) is 0 Å². The van der Waals surface area contributed by atoms with Crippen LogP contribution in [0.2, 0.25) is 5.02 Å². The molecule has 2 aromatic rings. The largest absolute Gasteiger partial charge is 0.507 e. The highest BCUT2D eigenvalue weighted by atomic mass is 79.9. The Morgan fingerprint density at radius 1 is 1.11 bits per heavy atom. The normalized spacial score (nSPS) is 14.1. The highest BCUT2D eigenvalue weighted by Gasteiger charge is 2.23.